The fourth-order valence-electron chi connectivity index (χ4n) is 1.81. The lowest BCUT2D eigenvalue weighted by Gasteiger charge is -2.00. The summed E-state index contributed by atoms with van der Waals surface area (Å²) < 4.78 is 0. The first-order valence-corrected chi connectivity index (χ1v) is 7.57. The molecule has 0 spiro atoms. The number of amides is 1. The van der Waals surface area contributed by atoms with Gasteiger partial charge >= 0.3 is 5.97 Å². The monoisotopic (exact) mass is 316 g/mol. The second kappa shape index (κ2) is 7.00. The van der Waals surface area contributed by atoms with Gasteiger partial charge in [-0.05, 0) is 17.6 Å². The molecule has 0 radical (unpaired) electrons. The van der Waals surface area contributed by atoms with Crippen LogP contribution in [-0.4, -0.2) is 22.0 Å². The van der Waals surface area contributed by atoms with Crippen molar-refractivity contribution in [3.05, 3.63) is 52.5 Å². The summed E-state index contributed by atoms with van der Waals surface area (Å²) in [5, 5.41) is 12.1. The predicted octanol–water partition coefficient (Wildman–Crippen LogP) is 3.62. The van der Waals surface area contributed by atoms with Crippen LogP contribution in [-0.2, 0) is 4.79 Å². The Morgan fingerprint density at radius 3 is 2.50 bits per heavy atom. The molecule has 0 fully saturated rings. The van der Waals surface area contributed by atoms with Crippen molar-refractivity contribution in [3.63, 3.8) is 0 Å². The Balaban J connectivity index is 2.10. The van der Waals surface area contributed by atoms with Crippen molar-refractivity contribution < 1.29 is 14.7 Å². The van der Waals surface area contributed by atoms with Crippen molar-refractivity contribution in [1.29, 1.82) is 0 Å². The number of nitrogens with zero attached hydrogens (tertiary/aromatic N) is 1. The Morgan fingerprint density at radius 2 is 1.95 bits per heavy atom. The smallest absolute Gasteiger partial charge is 0.347 e. The maximum Gasteiger partial charge on any atom is 0.347 e. The lowest BCUT2D eigenvalue weighted by Crippen LogP contribution is -2.07. The van der Waals surface area contributed by atoms with Gasteiger partial charge in [-0.25, -0.2) is 9.78 Å². The van der Waals surface area contributed by atoms with Gasteiger partial charge in [0.15, 0.2) is 5.13 Å². The van der Waals surface area contributed by atoms with Crippen LogP contribution in [0.2, 0.25) is 0 Å². The first kappa shape index (κ1) is 15.9. The maximum atomic E-state index is 11.9. The van der Waals surface area contributed by atoms with Crippen molar-refractivity contribution in [2.24, 2.45) is 0 Å². The van der Waals surface area contributed by atoms with Gasteiger partial charge in [0.1, 0.15) is 4.88 Å². The summed E-state index contributed by atoms with van der Waals surface area (Å²) in [4.78, 5) is 27.4. The van der Waals surface area contributed by atoms with Crippen LogP contribution in [0.5, 0.6) is 0 Å². The molecule has 0 saturated heterocycles. The van der Waals surface area contributed by atoms with Crippen LogP contribution in [0.25, 0.3) is 6.08 Å². The van der Waals surface area contributed by atoms with E-state index in [1.54, 1.807) is 6.08 Å². The van der Waals surface area contributed by atoms with Crippen LogP contribution in [0.15, 0.2) is 36.4 Å². The third kappa shape index (κ3) is 4.02. The number of carbonyl (C=O) groups is 2. The first-order valence-electron chi connectivity index (χ1n) is 6.75. The Morgan fingerprint density at radius 1 is 1.27 bits per heavy atom. The molecule has 0 aliphatic heterocycles. The van der Waals surface area contributed by atoms with E-state index in [1.807, 2.05) is 44.2 Å². The van der Waals surface area contributed by atoms with Gasteiger partial charge in [0.2, 0.25) is 5.91 Å². The van der Waals surface area contributed by atoms with Gasteiger partial charge in [-0.1, -0.05) is 55.5 Å². The highest BCUT2D eigenvalue weighted by atomic mass is 32.1. The third-order valence-electron chi connectivity index (χ3n) is 2.85. The number of hydrogen-bond acceptors (Lipinski definition) is 4. The number of aromatic nitrogens is 1. The summed E-state index contributed by atoms with van der Waals surface area (Å²) in [6, 6.07) is 9.42. The molecule has 5 nitrogen and oxygen atoms in total. The minimum absolute atomic E-state index is 0.0205. The number of rotatable bonds is 5. The second-order valence-corrected chi connectivity index (χ2v) is 5.93. The lowest BCUT2D eigenvalue weighted by atomic mass is 10.1. The molecule has 0 aliphatic carbocycles. The van der Waals surface area contributed by atoms with Crippen molar-refractivity contribution in [2.45, 2.75) is 19.8 Å². The van der Waals surface area contributed by atoms with E-state index >= 15 is 0 Å². The van der Waals surface area contributed by atoms with E-state index < -0.39 is 5.97 Å². The molecule has 2 rings (SSSR count). The average molecular weight is 316 g/mol. The average Bonchev–Trinajstić information content (AvgIpc) is 2.90. The Hall–Kier alpha value is -2.47. The molecule has 6 heteroatoms. The zero-order valence-corrected chi connectivity index (χ0v) is 13.1. The van der Waals surface area contributed by atoms with Crippen molar-refractivity contribution >= 4 is 34.4 Å². The third-order valence-corrected chi connectivity index (χ3v) is 3.83. The summed E-state index contributed by atoms with van der Waals surface area (Å²) in [6.45, 7) is 3.73. The summed E-state index contributed by atoms with van der Waals surface area (Å²) in [5.41, 5.74) is 1.39. The van der Waals surface area contributed by atoms with Gasteiger partial charge in [0, 0.05) is 6.08 Å². The van der Waals surface area contributed by atoms with E-state index in [2.05, 4.69) is 10.3 Å². The van der Waals surface area contributed by atoms with Crippen LogP contribution in [0, 0.1) is 0 Å². The summed E-state index contributed by atoms with van der Waals surface area (Å²) >= 11 is 0.969. The highest BCUT2D eigenvalue weighted by molar-refractivity contribution is 7.17. The standard InChI is InChI=1S/C16H16N2O3S/c1-10(2)13-14(15(20)21)22-16(18-13)17-12(19)9-8-11-6-4-3-5-7-11/h3-10H,1-2H3,(H,20,21)(H,17,18,19)/b9-8+. The Labute approximate surface area is 132 Å². The number of carbonyl (C=O) groups excluding carboxylic acids is 1. The molecule has 0 aliphatic rings. The molecule has 2 aromatic rings. The fourth-order valence-corrected chi connectivity index (χ4v) is 2.78. The van der Waals surface area contributed by atoms with Gasteiger partial charge in [0.25, 0.3) is 0 Å². The minimum atomic E-state index is -1.03. The number of nitrogens with one attached hydrogen (secondary N) is 1. The summed E-state index contributed by atoms with van der Waals surface area (Å²) in [6.07, 6.45) is 3.08. The van der Waals surface area contributed by atoms with Crippen molar-refractivity contribution in [2.75, 3.05) is 5.32 Å². The largest absolute Gasteiger partial charge is 0.477 e. The van der Waals surface area contributed by atoms with Crippen LogP contribution in [0.4, 0.5) is 5.13 Å². The molecule has 0 bridgehead atoms. The Kier molecular flexibility index (Phi) is 5.06. The van der Waals surface area contributed by atoms with Crippen LogP contribution in [0.1, 0.15) is 40.7 Å². The second-order valence-electron chi connectivity index (χ2n) is 4.93. The van der Waals surface area contributed by atoms with Crippen molar-refractivity contribution in [3.8, 4) is 0 Å². The highest BCUT2D eigenvalue weighted by Gasteiger charge is 2.20. The topological polar surface area (TPSA) is 79.3 Å². The van der Waals surface area contributed by atoms with E-state index in [0.717, 1.165) is 16.9 Å². The van der Waals surface area contributed by atoms with Gasteiger partial charge in [-0.2, -0.15) is 0 Å². The van der Waals surface area contributed by atoms with Crippen LogP contribution >= 0.6 is 11.3 Å². The van der Waals surface area contributed by atoms with E-state index in [-0.39, 0.29) is 16.7 Å². The van der Waals surface area contributed by atoms with Crippen molar-refractivity contribution in [1.82, 2.24) is 4.98 Å². The molecule has 0 unspecified atom stereocenters. The minimum Gasteiger partial charge on any atom is -0.477 e. The molecule has 1 heterocycles. The molecule has 1 aromatic carbocycles. The summed E-state index contributed by atoms with van der Waals surface area (Å²) in [7, 11) is 0. The Bertz CT molecular complexity index is 705. The number of anilines is 1. The SMILES string of the molecule is CC(C)c1nc(NC(=O)/C=C/c2ccccc2)sc1C(=O)O. The molecule has 1 amide bonds. The normalized spacial score (nSPS) is 11.0. The molecule has 2 N–H and O–H groups in total. The van der Waals surface area contributed by atoms with Gasteiger partial charge in [-0.3, -0.25) is 10.1 Å². The number of aromatic carboxylic acids is 1. The fraction of sp³-hybridized carbons (Fsp3) is 0.188. The van der Waals surface area contributed by atoms with Crippen LogP contribution in [0.3, 0.4) is 0 Å². The maximum absolute atomic E-state index is 11.9. The number of benzene rings is 1. The van der Waals surface area contributed by atoms with E-state index in [1.165, 1.54) is 6.08 Å². The first-order chi connectivity index (χ1) is 10.5. The van der Waals surface area contributed by atoms with E-state index in [0.29, 0.717) is 10.8 Å². The molecule has 0 saturated carbocycles. The number of carboxylic acid groups (broad SMARTS) is 1. The highest BCUT2D eigenvalue weighted by Crippen LogP contribution is 2.28. The lowest BCUT2D eigenvalue weighted by molar-refractivity contribution is -0.111. The zero-order chi connectivity index (χ0) is 16.1. The van der Waals surface area contributed by atoms with E-state index in [9.17, 15) is 9.59 Å². The number of thiazole rings is 1. The molecule has 0 atom stereocenters. The summed E-state index contributed by atoms with van der Waals surface area (Å²) in [5.74, 6) is -1.39. The van der Waals surface area contributed by atoms with Crippen LogP contribution < -0.4 is 5.32 Å². The predicted molar refractivity (Wildman–Crippen MR) is 87.3 cm³/mol. The molecular weight excluding hydrogens is 300 g/mol. The zero-order valence-electron chi connectivity index (χ0n) is 12.2. The molecular formula is C16H16N2O3S. The molecule has 114 valence electrons. The van der Waals surface area contributed by atoms with E-state index in [4.69, 9.17) is 5.11 Å². The number of carboxylic acids is 1. The quantitative estimate of drug-likeness (QED) is 0.826. The van der Waals surface area contributed by atoms with Gasteiger partial charge < -0.3 is 5.11 Å². The number of hydrogen-bond donors (Lipinski definition) is 2. The van der Waals surface area contributed by atoms with Gasteiger partial charge in [-0.15, -0.1) is 0 Å². The molecule has 1 aromatic heterocycles. The van der Waals surface area contributed by atoms with Gasteiger partial charge in [0.05, 0.1) is 5.69 Å². The molecule has 22 heavy (non-hydrogen) atoms.